The molecule has 1 aromatic rings. The minimum Gasteiger partial charge on any atom is -0.380 e. The van der Waals surface area contributed by atoms with Gasteiger partial charge in [-0.15, -0.1) is 0 Å². The van der Waals surface area contributed by atoms with Crippen LogP contribution in [0.3, 0.4) is 0 Å². The van der Waals surface area contributed by atoms with Crippen LogP contribution < -0.4 is 4.90 Å². The third-order valence-electron chi connectivity index (χ3n) is 3.96. The van der Waals surface area contributed by atoms with Crippen molar-refractivity contribution in [1.82, 2.24) is 4.98 Å². The Labute approximate surface area is 105 Å². The molecule has 0 bridgehead atoms. The summed E-state index contributed by atoms with van der Waals surface area (Å²) in [5, 5.41) is 11.0. The van der Waals surface area contributed by atoms with Crippen molar-refractivity contribution >= 4 is 11.4 Å². The first-order valence-electron chi connectivity index (χ1n) is 6.11. The Bertz CT molecular complexity index is 463. The van der Waals surface area contributed by atoms with Gasteiger partial charge in [0.15, 0.2) is 0 Å². The van der Waals surface area contributed by atoms with E-state index in [-0.39, 0.29) is 10.6 Å². The summed E-state index contributed by atoms with van der Waals surface area (Å²) in [5.41, 5.74) is 1.13. The monoisotopic (exact) mass is 249 g/mol. The lowest BCUT2D eigenvalue weighted by Gasteiger charge is -2.47. The van der Waals surface area contributed by atoms with Crippen LogP contribution >= 0.6 is 0 Å². The number of nitrogens with zero attached hydrogens (tertiary/aromatic N) is 3. The van der Waals surface area contributed by atoms with Gasteiger partial charge in [0.1, 0.15) is 11.9 Å². The lowest BCUT2D eigenvalue weighted by Crippen LogP contribution is -2.51. The number of rotatable bonds is 2. The fraction of sp³-hybridized carbons (Fsp3) is 0.583. The van der Waals surface area contributed by atoms with Crippen LogP contribution in [0, 0.1) is 15.5 Å². The third kappa shape index (κ3) is 1.82. The van der Waals surface area contributed by atoms with E-state index in [4.69, 9.17) is 4.74 Å². The predicted molar refractivity (Wildman–Crippen MR) is 65.6 cm³/mol. The summed E-state index contributed by atoms with van der Waals surface area (Å²) < 4.78 is 5.28. The standard InChI is InChI=1S/C12H15N3O3/c16-15(17)11-7-13-4-1-10(11)14-5-2-12(3-6-14)8-18-9-12/h1,4,7H,2-3,5-6,8-9H2. The van der Waals surface area contributed by atoms with E-state index in [0.29, 0.717) is 11.1 Å². The second kappa shape index (κ2) is 4.20. The molecule has 6 nitrogen and oxygen atoms in total. The summed E-state index contributed by atoms with van der Waals surface area (Å²) in [6, 6.07) is 1.73. The zero-order valence-corrected chi connectivity index (χ0v) is 10.0. The van der Waals surface area contributed by atoms with Gasteiger partial charge in [0.2, 0.25) is 0 Å². The van der Waals surface area contributed by atoms with Gasteiger partial charge in [0.25, 0.3) is 0 Å². The molecule has 2 saturated heterocycles. The second-order valence-electron chi connectivity index (χ2n) is 5.10. The van der Waals surface area contributed by atoms with Crippen LogP contribution in [0.1, 0.15) is 12.8 Å². The van der Waals surface area contributed by atoms with E-state index in [1.165, 1.54) is 6.20 Å². The van der Waals surface area contributed by atoms with Crippen molar-refractivity contribution < 1.29 is 9.66 Å². The largest absolute Gasteiger partial charge is 0.380 e. The summed E-state index contributed by atoms with van der Waals surface area (Å²) in [5.74, 6) is 0. The molecule has 0 radical (unpaired) electrons. The van der Waals surface area contributed by atoms with Crippen molar-refractivity contribution in [1.29, 1.82) is 0 Å². The Morgan fingerprint density at radius 1 is 1.39 bits per heavy atom. The van der Waals surface area contributed by atoms with Crippen molar-refractivity contribution in [2.24, 2.45) is 5.41 Å². The zero-order valence-electron chi connectivity index (χ0n) is 10.0. The highest BCUT2D eigenvalue weighted by molar-refractivity contribution is 5.61. The number of ether oxygens (including phenoxy) is 1. The maximum absolute atomic E-state index is 11.0. The van der Waals surface area contributed by atoms with E-state index in [1.54, 1.807) is 12.3 Å². The summed E-state index contributed by atoms with van der Waals surface area (Å²) in [6.07, 6.45) is 5.03. The molecule has 2 aliphatic heterocycles. The van der Waals surface area contributed by atoms with Crippen LogP contribution in [-0.2, 0) is 4.74 Å². The highest BCUT2D eigenvalue weighted by Crippen LogP contribution is 2.40. The Morgan fingerprint density at radius 2 is 2.11 bits per heavy atom. The molecule has 0 saturated carbocycles. The van der Waals surface area contributed by atoms with E-state index in [9.17, 15) is 10.1 Å². The van der Waals surface area contributed by atoms with Gasteiger partial charge in [-0.05, 0) is 18.9 Å². The van der Waals surface area contributed by atoms with E-state index < -0.39 is 0 Å². The number of hydrogen-bond donors (Lipinski definition) is 0. The fourth-order valence-electron chi connectivity index (χ4n) is 2.69. The normalized spacial score (nSPS) is 21.7. The Hall–Kier alpha value is -1.69. The van der Waals surface area contributed by atoms with Crippen LogP contribution in [0.2, 0.25) is 0 Å². The Morgan fingerprint density at radius 3 is 2.67 bits per heavy atom. The molecule has 0 atom stereocenters. The molecule has 1 aromatic heterocycles. The van der Waals surface area contributed by atoms with Gasteiger partial charge in [-0.25, -0.2) is 0 Å². The predicted octanol–water partition coefficient (Wildman–Crippen LogP) is 1.61. The molecule has 0 amide bonds. The minimum atomic E-state index is -0.362. The van der Waals surface area contributed by atoms with Crippen molar-refractivity contribution in [2.75, 3.05) is 31.2 Å². The van der Waals surface area contributed by atoms with Gasteiger partial charge in [-0.3, -0.25) is 15.1 Å². The van der Waals surface area contributed by atoms with Gasteiger partial charge in [-0.2, -0.15) is 0 Å². The SMILES string of the molecule is O=[N+]([O-])c1cnccc1N1CCC2(CC1)COC2. The number of nitro groups is 1. The lowest BCUT2D eigenvalue weighted by atomic mass is 9.77. The van der Waals surface area contributed by atoms with E-state index in [2.05, 4.69) is 9.88 Å². The molecule has 0 aromatic carbocycles. The molecule has 0 aliphatic carbocycles. The molecule has 96 valence electrons. The molecule has 2 aliphatic rings. The van der Waals surface area contributed by atoms with Crippen LogP contribution in [-0.4, -0.2) is 36.2 Å². The summed E-state index contributed by atoms with van der Waals surface area (Å²) >= 11 is 0. The maximum atomic E-state index is 11.0. The van der Waals surface area contributed by atoms with Crippen LogP contribution in [0.4, 0.5) is 11.4 Å². The Kier molecular flexibility index (Phi) is 2.66. The molecular weight excluding hydrogens is 234 g/mol. The average molecular weight is 249 g/mol. The molecule has 2 fully saturated rings. The quantitative estimate of drug-likeness (QED) is 0.588. The zero-order chi connectivity index (χ0) is 12.6. The molecule has 6 heteroatoms. The van der Waals surface area contributed by atoms with Crippen LogP contribution in [0.25, 0.3) is 0 Å². The minimum absolute atomic E-state index is 0.0957. The lowest BCUT2D eigenvalue weighted by molar-refractivity contribution is -0.384. The van der Waals surface area contributed by atoms with E-state index >= 15 is 0 Å². The first kappa shape index (κ1) is 11.4. The molecule has 0 N–H and O–H groups in total. The van der Waals surface area contributed by atoms with Gasteiger partial charge in [0, 0.05) is 24.7 Å². The third-order valence-corrected chi connectivity index (χ3v) is 3.96. The topological polar surface area (TPSA) is 68.5 Å². The first-order valence-corrected chi connectivity index (χ1v) is 6.11. The van der Waals surface area contributed by atoms with Gasteiger partial charge < -0.3 is 9.64 Å². The Balaban J connectivity index is 1.78. The van der Waals surface area contributed by atoms with Crippen LogP contribution in [0.5, 0.6) is 0 Å². The summed E-state index contributed by atoms with van der Waals surface area (Å²) in [4.78, 5) is 16.5. The number of aromatic nitrogens is 1. The molecular formula is C12H15N3O3. The van der Waals surface area contributed by atoms with Gasteiger partial charge >= 0.3 is 5.69 Å². The molecule has 3 rings (SSSR count). The van der Waals surface area contributed by atoms with Crippen molar-refractivity contribution in [3.8, 4) is 0 Å². The average Bonchev–Trinajstić information content (AvgIpc) is 2.37. The van der Waals surface area contributed by atoms with Gasteiger partial charge in [0.05, 0.1) is 18.1 Å². The van der Waals surface area contributed by atoms with Crippen LogP contribution in [0.15, 0.2) is 18.5 Å². The highest BCUT2D eigenvalue weighted by Gasteiger charge is 2.41. The first-order chi connectivity index (χ1) is 8.70. The fourth-order valence-corrected chi connectivity index (χ4v) is 2.69. The highest BCUT2D eigenvalue weighted by atomic mass is 16.6. The van der Waals surface area contributed by atoms with Crippen molar-refractivity contribution in [2.45, 2.75) is 12.8 Å². The van der Waals surface area contributed by atoms with Crippen molar-refractivity contribution in [3.05, 3.63) is 28.6 Å². The maximum Gasteiger partial charge on any atom is 0.310 e. The number of hydrogen-bond acceptors (Lipinski definition) is 5. The molecule has 18 heavy (non-hydrogen) atoms. The number of anilines is 1. The summed E-state index contributed by atoms with van der Waals surface area (Å²) in [7, 11) is 0. The smallest absolute Gasteiger partial charge is 0.310 e. The molecule has 3 heterocycles. The molecule has 0 unspecified atom stereocenters. The second-order valence-corrected chi connectivity index (χ2v) is 5.10. The molecule has 1 spiro atoms. The van der Waals surface area contributed by atoms with Gasteiger partial charge in [-0.1, -0.05) is 0 Å². The summed E-state index contributed by atoms with van der Waals surface area (Å²) in [6.45, 7) is 3.40. The van der Waals surface area contributed by atoms with E-state index in [1.807, 2.05) is 0 Å². The number of piperidine rings is 1. The number of pyridine rings is 1. The van der Waals surface area contributed by atoms with Crippen molar-refractivity contribution in [3.63, 3.8) is 0 Å². The van der Waals surface area contributed by atoms with E-state index in [0.717, 1.165) is 39.1 Å².